The highest BCUT2D eigenvalue weighted by Gasteiger charge is 2.24. The van der Waals surface area contributed by atoms with E-state index in [1.54, 1.807) is 11.3 Å². The van der Waals surface area contributed by atoms with Crippen molar-refractivity contribution in [2.45, 2.75) is 19.4 Å². The maximum atomic E-state index is 11.8. The lowest BCUT2D eigenvalue weighted by atomic mass is 10.4. The van der Waals surface area contributed by atoms with E-state index in [2.05, 4.69) is 20.7 Å². The Morgan fingerprint density at radius 2 is 2.12 bits per heavy atom. The van der Waals surface area contributed by atoms with Crippen LogP contribution in [-0.2, 0) is 16.8 Å². The van der Waals surface area contributed by atoms with E-state index in [0.717, 1.165) is 22.2 Å². The molecule has 4 nitrogen and oxygen atoms in total. The molecule has 0 spiro atoms. The minimum Gasteiger partial charge on any atom is -0.197 e. The van der Waals surface area contributed by atoms with Crippen molar-refractivity contribution in [2.75, 3.05) is 13.1 Å². The van der Waals surface area contributed by atoms with Crippen molar-refractivity contribution in [3.63, 3.8) is 0 Å². The number of hydrogen-bond acceptors (Lipinski definition) is 3. The van der Waals surface area contributed by atoms with E-state index in [4.69, 9.17) is 0 Å². The largest absolute Gasteiger partial charge is 0.279 e. The van der Waals surface area contributed by atoms with Gasteiger partial charge < -0.3 is 0 Å². The van der Waals surface area contributed by atoms with Crippen molar-refractivity contribution < 1.29 is 8.42 Å². The van der Waals surface area contributed by atoms with Crippen molar-refractivity contribution in [3.8, 4) is 0 Å². The Morgan fingerprint density at radius 1 is 1.44 bits per heavy atom. The fourth-order valence-electron chi connectivity index (χ4n) is 1.63. The van der Waals surface area contributed by atoms with Gasteiger partial charge in [-0.05, 0) is 40.2 Å². The van der Waals surface area contributed by atoms with Gasteiger partial charge in [-0.25, -0.2) is 0 Å². The van der Waals surface area contributed by atoms with E-state index in [1.807, 2.05) is 11.4 Å². The van der Waals surface area contributed by atoms with Gasteiger partial charge in [-0.2, -0.15) is 17.4 Å². The van der Waals surface area contributed by atoms with Crippen molar-refractivity contribution >= 4 is 37.5 Å². The van der Waals surface area contributed by atoms with E-state index < -0.39 is 10.2 Å². The average molecular weight is 325 g/mol. The van der Waals surface area contributed by atoms with Crippen LogP contribution in [0.25, 0.3) is 0 Å². The van der Waals surface area contributed by atoms with Crippen LogP contribution in [0.2, 0.25) is 0 Å². The third-order valence-electron chi connectivity index (χ3n) is 2.51. The summed E-state index contributed by atoms with van der Waals surface area (Å²) in [4.78, 5) is 1.00. The normalized spacial score (nSPS) is 18.1. The molecule has 0 atom stereocenters. The maximum Gasteiger partial charge on any atom is 0.279 e. The zero-order valence-corrected chi connectivity index (χ0v) is 11.9. The second-order valence-corrected chi connectivity index (χ2v) is 7.23. The molecule has 1 aromatic rings. The van der Waals surface area contributed by atoms with E-state index in [-0.39, 0.29) is 0 Å². The number of thiophene rings is 1. The lowest BCUT2D eigenvalue weighted by Crippen LogP contribution is -2.38. The molecule has 0 aromatic carbocycles. The molecule has 90 valence electrons. The van der Waals surface area contributed by atoms with Gasteiger partial charge in [-0.3, -0.25) is 0 Å². The number of nitrogens with one attached hydrogen (secondary N) is 1. The summed E-state index contributed by atoms with van der Waals surface area (Å²) in [6.07, 6.45) is 1.92. The molecule has 2 heterocycles. The van der Waals surface area contributed by atoms with Crippen molar-refractivity contribution in [2.24, 2.45) is 0 Å². The Balaban J connectivity index is 1.97. The van der Waals surface area contributed by atoms with Crippen molar-refractivity contribution in [3.05, 3.63) is 20.8 Å². The molecule has 0 saturated carbocycles. The Kier molecular flexibility index (Phi) is 4.01. The highest BCUT2D eigenvalue weighted by Crippen LogP contribution is 2.22. The van der Waals surface area contributed by atoms with E-state index in [9.17, 15) is 8.42 Å². The summed E-state index contributed by atoms with van der Waals surface area (Å²) in [5.41, 5.74) is 0. The van der Waals surface area contributed by atoms with Gasteiger partial charge >= 0.3 is 0 Å². The first-order valence-corrected chi connectivity index (χ1v) is 8.17. The monoisotopic (exact) mass is 324 g/mol. The van der Waals surface area contributed by atoms with Crippen LogP contribution < -0.4 is 4.72 Å². The predicted molar refractivity (Wildman–Crippen MR) is 68.6 cm³/mol. The van der Waals surface area contributed by atoms with Crippen LogP contribution in [-0.4, -0.2) is 25.8 Å². The minimum atomic E-state index is -3.28. The summed E-state index contributed by atoms with van der Waals surface area (Å²) in [7, 11) is -3.28. The highest BCUT2D eigenvalue weighted by molar-refractivity contribution is 9.10. The Bertz CT molecular complexity index is 452. The molecule has 0 bridgehead atoms. The molecular formula is C9H13BrN2O2S2. The lowest BCUT2D eigenvalue weighted by molar-refractivity contribution is 0.465. The molecule has 1 aliphatic rings. The van der Waals surface area contributed by atoms with Crippen LogP contribution in [0.4, 0.5) is 0 Å². The molecule has 7 heteroatoms. The summed E-state index contributed by atoms with van der Waals surface area (Å²) in [5.74, 6) is 0. The van der Waals surface area contributed by atoms with Crippen LogP contribution in [0.1, 0.15) is 17.7 Å². The standard InChI is InChI=1S/C9H13BrN2O2S2/c10-8-3-6-15-9(8)7-11-16(13,14)12-4-1-2-5-12/h3,6,11H,1-2,4-5,7H2. The first-order chi connectivity index (χ1) is 7.59. The van der Waals surface area contributed by atoms with Crippen LogP contribution >= 0.6 is 27.3 Å². The molecule has 0 radical (unpaired) electrons. The Morgan fingerprint density at radius 3 is 2.69 bits per heavy atom. The number of rotatable bonds is 4. The third kappa shape index (κ3) is 2.84. The summed E-state index contributed by atoms with van der Waals surface area (Å²) < 4.78 is 28.8. The van der Waals surface area contributed by atoms with E-state index in [1.165, 1.54) is 4.31 Å². The molecule has 16 heavy (non-hydrogen) atoms. The number of hydrogen-bond donors (Lipinski definition) is 1. The van der Waals surface area contributed by atoms with Gasteiger partial charge in [0, 0.05) is 29.0 Å². The average Bonchev–Trinajstić information content (AvgIpc) is 2.85. The maximum absolute atomic E-state index is 11.8. The second kappa shape index (κ2) is 5.14. The molecule has 2 rings (SSSR count). The summed E-state index contributed by atoms with van der Waals surface area (Å²) in [6, 6.07) is 1.92. The quantitative estimate of drug-likeness (QED) is 0.920. The van der Waals surface area contributed by atoms with Crippen molar-refractivity contribution in [1.82, 2.24) is 9.03 Å². The van der Waals surface area contributed by atoms with Gasteiger partial charge in [0.1, 0.15) is 0 Å². The van der Waals surface area contributed by atoms with Gasteiger partial charge in [0.05, 0.1) is 0 Å². The van der Waals surface area contributed by atoms with Gasteiger partial charge in [0.15, 0.2) is 0 Å². The molecule has 1 N–H and O–H groups in total. The SMILES string of the molecule is O=S(=O)(NCc1sccc1Br)N1CCCC1. The van der Waals surface area contributed by atoms with Crippen LogP contribution in [0.3, 0.4) is 0 Å². The molecule has 0 unspecified atom stereocenters. The summed E-state index contributed by atoms with van der Waals surface area (Å²) in [5, 5.41) is 1.93. The first-order valence-electron chi connectivity index (χ1n) is 5.06. The number of halogens is 1. The number of nitrogens with zero attached hydrogens (tertiary/aromatic N) is 1. The van der Waals surface area contributed by atoms with Crippen LogP contribution in [0.5, 0.6) is 0 Å². The van der Waals surface area contributed by atoms with Gasteiger partial charge in [-0.15, -0.1) is 11.3 Å². The first kappa shape index (κ1) is 12.5. The van der Waals surface area contributed by atoms with Gasteiger partial charge in [-0.1, -0.05) is 0 Å². The minimum absolute atomic E-state index is 0.358. The van der Waals surface area contributed by atoms with Crippen molar-refractivity contribution in [1.29, 1.82) is 0 Å². The molecule has 1 fully saturated rings. The molecule has 1 aliphatic heterocycles. The zero-order chi connectivity index (χ0) is 11.6. The topological polar surface area (TPSA) is 49.4 Å². The fourth-order valence-corrected chi connectivity index (χ4v) is 4.40. The van der Waals surface area contributed by atoms with Crippen LogP contribution in [0, 0.1) is 0 Å². The van der Waals surface area contributed by atoms with Gasteiger partial charge in [0.25, 0.3) is 10.2 Å². The molecule has 1 aromatic heterocycles. The second-order valence-electron chi connectivity index (χ2n) is 3.62. The molecular weight excluding hydrogens is 312 g/mol. The fraction of sp³-hybridized carbons (Fsp3) is 0.556. The van der Waals surface area contributed by atoms with E-state index in [0.29, 0.717) is 19.6 Å². The molecule has 0 amide bonds. The summed E-state index contributed by atoms with van der Waals surface area (Å²) >= 11 is 4.92. The molecule has 0 aliphatic carbocycles. The van der Waals surface area contributed by atoms with Gasteiger partial charge in [0.2, 0.25) is 0 Å². The highest BCUT2D eigenvalue weighted by atomic mass is 79.9. The predicted octanol–water partition coefficient (Wildman–Crippen LogP) is 1.94. The summed E-state index contributed by atoms with van der Waals surface area (Å²) in [6.45, 7) is 1.64. The Labute approximate surface area is 108 Å². The van der Waals surface area contributed by atoms with E-state index >= 15 is 0 Å². The molecule has 1 saturated heterocycles. The Hall–Kier alpha value is 0.0500. The third-order valence-corrected chi connectivity index (χ3v) is 5.99. The zero-order valence-electron chi connectivity index (χ0n) is 8.65. The lowest BCUT2D eigenvalue weighted by Gasteiger charge is -2.15. The van der Waals surface area contributed by atoms with Crippen LogP contribution in [0.15, 0.2) is 15.9 Å². The smallest absolute Gasteiger partial charge is 0.197 e.